The van der Waals surface area contributed by atoms with Gasteiger partial charge in [-0.25, -0.2) is 4.79 Å². The van der Waals surface area contributed by atoms with Crippen LogP contribution in [0.5, 0.6) is 5.75 Å². The van der Waals surface area contributed by atoms with Crippen molar-refractivity contribution in [3.05, 3.63) is 23.3 Å². The molecule has 1 aromatic rings. The summed E-state index contributed by atoms with van der Waals surface area (Å²) in [5.41, 5.74) is 0.835. The highest BCUT2D eigenvalue weighted by molar-refractivity contribution is 9.10. The van der Waals surface area contributed by atoms with Gasteiger partial charge in [0.05, 0.1) is 27.3 Å². The number of rotatable bonds is 3. The standard InChI is InChI=1S/C18H23BBrNO4/c1-9-8-25-14-10(12(9)15(19)20)6-7-11(13(14)16(22)24-5)21-17(23)18(2,3)4/h6-7,9,12,15H,8H2,1-5H3,(H,21,23). The number of hydrogen-bond acceptors (Lipinski definition) is 4. The SMILES string of the molecule is [B]C(Br)C1c2ccc(NC(=O)C(C)(C)C)c(C(=O)OC)c2OCC1C. The Labute approximate surface area is 158 Å². The lowest BCUT2D eigenvalue weighted by Gasteiger charge is -2.35. The first-order valence-electron chi connectivity index (χ1n) is 8.17. The van der Waals surface area contributed by atoms with Crippen molar-refractivity contribution in [1.82, 2.24) is 0 Å². The van der Waals surface area contributed by atoms with Crippen LogP contribution in [0.15, 0.2) is 12.1 Å². The fourth-order valence-electron chi connectivity index (χ4n) is 2.85. The molecule has 7 heteroatoms. The van der Waals surface area contributed by atoms with Crippen LogP contribution in [0.1, 0.15) is 49.5 Å². The molecular weight excluding hydrogens is 385 g/mol. The summed E-state index contributed by atoms with van der Waals surface area (Å²) < 4.78 is 10.5. The summed E-state index contributed by atoms with van der Waals surface area (Å²) in [5.74, 6) is -0.161. The molecule has 3 atom stereocenters. The van der Waals surface area contributed by atoms with Crippen LogP contribution < -0.4 is 10.1 Å². The summed E-state index contributed by atoms with van der Waals surface area (Å²) in [7, 11) is 7.38. The van der Waals surface area contributed by atoms with E-state index in [0.29, 0.717) is 18.0 Å². The van der Waals surface area contributed by atoms with E-state index in [-0.39, 0.29) is 28.0 Å². The first-order chi connectivity index (χ1) is 11.6. The lowest BCUT2D eigenvalue weighted by molar-refractivity contribution is -0.123. The fraction of sp³-hybridized carbons (Fsp3) is 0.556. The van der Waals surface area contributed by atoms with Gasteiger partial charge >= 0.3 is 5.97 Å². The first kappa shape index (κ1) is 19.8. The van der Waals surface area contributed by atoms with Gasteiger partial charge in [0, 0.05) is 5.41 Å². The molecule has 134 valence electrons. The van der Waals surface area contributed by atoms with Gasteiger partial charge in [0.1, 0.15) is 11.3 Å². The Bertz CT molecular complexity index is 684. The Hall–Kier alpha value is -1.50. The number of carbonyl (C=O) groups excluding carboxylic acids is 2. The largest absolute Gasteiger partial charge is 0.492 e. The van der Waals surface area contributed by atoms with Crippen molar-refractivity contribution >= 4 is 41.3 Å². The molecule has 1 amide bonds. The molecule has 1 aromatic carbocycles. The van der Waals surface area contributed by atoms with Gasteiger partial charge in [0.2, 0.25) is 5.91 Å². The van der Waals surface area contributed by atoms with Gasteiger partial charge in [0.15, 0.2) is 0 Å². The van der Waals surface area contributed by atoms with Gasteiger partial charge in [-0.2, -0.15) is 0 Å². The summed E-state index contributed by atoms with van der Waals surface area (Å²) in [6, 6.07) is 3.56. The van der Waals surface area contributed by atoms with Crippen LogP contribution in [0.3, 0.4) is 0 Å². The molecule has 5 nitrogen and oxygen atoms in total. The minimum Gasteiger partial charge on any atom is -0.492 e. The Kier molecular flexibility index (Phi) is 5.87. The zero-order chi connectivity index (χ0) is 18.9. The lowest BCUT2D eigenvalue weighted by atomic mass is 9.76. The molecule has 0 aromatic heterocycles. The number of halogens is 1. The normalized spacial score (nSPS) is 20.9. The number of amides is 1. The van der Waals surface area contributed by atoms with E-state index in [1.165, 1.54) is 7.11 Å². The van der Waals surface area contributed by atoms with Crippen LogP contribution in [0, 0.1) is 11.3 Å². The van der Waals surface area contributed by atoms with Crippen molar-refractivity contribution < 1.29 is 19.1 Å². The maximum Gasteiger partial charge on any atom is 0.343 e. The van der Waals surface area contributed by atoms with Crippen molar-refractivity contribution in [3.63, 3.8) is 0 Å². The van der Waals surface area contributed by atoms with Gasteiger partial charge in [-0.05, 0) is 28.2 Å². The zero-order valence-electron chi connectivity index (χ0n) is 15.2. The average molecular weight is 408 g/mol. The van der Waals surface area contributed by atoms with Gasteiger partial charge in [-0.3, -0.25) is 4.79 Å². The van der Waals surface area contributed by atoms with Crippen molar-refractivity contribution in [3.8, 4) is 5.75 Å². The third-order valence-corrected chi connectivity index (χ3v) is 4.88. The minimum absolute atomic E-state index is 0.0143. The van der Waals surface area contributed by atoms with E-state index in [1.807, 2.05) is 13.0 Å². The highest BCUT2D eigenvalue weighted by atomic mass is 79.9. The quantitative estimate of drug-likeness (QED) is 0.473. The lowest BCUT2D eigenvalue weighted by Crippen LogP contribution is -2.32. The van der Waals surface area contributed by atoms with Crippen molar-refractivity contribution in [2.24, 2.45) is 11.3 Å². The molecule has 1 aliphatic heterocycles. The molecule has 3 unspecified atom stereocenters. The third-order valence-electron chi connectivity index (χ3n) is 4.31. The molecule has 0 fully saturated rings. The summed E-state index contributed by atoms with van der Waals surface area (Å²) >= 11 is 3.45. The van der Waals surface area contributed by atoms with Crippen LogP contribution in [-0.2, 0) is 9.53 Å². The number of carbonyl (C=O) groups is 2. The highest BCUT2D eigenvalue weighted by Crippen LogP contribution is 2.44. The second-order valence-electron chi connectivity index (χ2n) is 7.36. The molecule has 25 heavy (non-hydrogen) atoms. The number of fused-ring (bicyclic) bond motifs is 1. The number of alkyl halides is 1. The molecule has 0 saturated carbocycles. The van der Waals surface area contributed by atoms with E-state index in [1.54, 1.807) is 26.8 Å². The predicted octanol–water partition coefficient (Wildman–Crippen LogP) is 3.46. The van der Waals surface area contributed by atoms with Gasteiger partial charge < -0.3 is 14.8 Å². The molecular formula is C18H23BBrNO4. The molecule has 1 N–H and O–H groups in total. The summed E-state index contributed by atoms with van der Waals surface area (Å²) in [6.45, 7) is 7.88. The van der Waals surface area contributed by atoms with Crippen LogP contribution in [-0.4, -0.2) is 38.2 Å². The number of anilines is 1. The van der Waals surface area contributed by atoms with E-state index >= 15 is 0 Å². The number of nitrogens with one attached hydrogen (secondary N) is 1. The zero-order valence-corrected chi connectivity index (χ0v) is 16.8. The topological polar surface area (TPSA) is 64.6 Å². The minimum atomic E-state index is -0.598. The van der Waals surface area contributed by atoms with Crippen LogP contribution >= 0.6 is 15.9 Å². The summed E-state index contributed by atoms with van der Waals surface area (Å²) in [5, 5.41) is 2.81. The fourth-order valence-corrected chi connectivity index (χ4v) is 3.65. The number of hydrogen-bond donors (Lipinski definition) is 1. The maximum atomic E-state index is 12.4. The Morgan fingerprint density at radius 1 is 1.40 bits per heavy atom. The molecule has 2 rings (SSSR count). The average Bonchev–Trinajstić information content (AvgIpc) is 2.52. The predicted molar refractivity (Wildman–Crippen MR) is 102 cm³/mol. The van der Waals surface area contributed by atoms with Gasteiger partial charge in [-0.1, -0.05) is 49.7 Å². The smallest absolute Gasteiger partial charge is 0.343 e. The van der Waals surface area contributed by atoms with E-state index in [9.17, 15) is 9.59 Å². The van der Waals surface area contributed by atoms with E-state index in [0.717, 1.165) is 5.56 Å². The van der Waals surface area contributed by atoms with Gasteiger partial charge in [-0.15, -0.1) is 0 Å². The highest BCUT2D eigenvalue weighted by Gasteiger charge is 2.35. The van der Waals surface area contributed by atoms with E-state index < -0.39 is 11.4 Å². The summed E-state index contributed by atoms with van der Waals surface area (Å²) in [6.07, 6.45) is 0. The molecule has 1 heterocycles. The molecule has 0 saturated heterocycles. The second-order valence-corrected chi connectivity index (χ2v) is 8.42. The molecule has 1 aliphatic rings. The Morgan fingerprint density at radius 3 is 2.56 bits per heavy atom. The molecule has 2 radical (unpaired) electrons. The number of ether oxygens (including phenoxy) is 2. The van der Waals surface area contributed by atoms with Crippen LogP contribution in [0.2, 0.25) is 0 Å². The van der Waals surface area contributed by atoms with E-state index in [4.69, 9.17) is 17.3 Å². The molecule has 0 spiro atoms. The number of methoxy groups -OCH3 is 1. The summed E-state index contributed by atoms with van der Waals surface area (Å²) in [4.78, 5) is 24.8. The maximum absolute atomic E-state index is 12.4. The van der Waals surface area contributed by atoms with Crippen LogP contribution in [0.25, 0.3) is 0 Å². The second kappa shape index (κ2) is 7.40. The Balaban J connectivity index is 2.57. The first-order valence-corrected chi connectivity index (χ1v) is 9.08. The number of benzene rings is 1. The Morgan fingerprint density at radius 2 is 2.04 bits per heavy atom. The molecule has 0 bridgehead atoms. The van der Waals surface area contributed by atoms with Gasteiger partial charge in [0.25, 0.3) is 0 Å². The van der Waals surface area contributed by atoms with Crippen molar-refractivity contribution in [1.29, 1.82) is 0 Å². The van der Waals surface area contributed by atoms with Crippen molar-refractivity contribution in [2.45, 2.75) is 38.3 Å². The van der Waals surface area contributed by atoms with Crippen molar-refractivity contribution in [2.75, 3.05) is 19.0 Å². The number of esters is 1. The third kappa shape index (κ3) is 4.02. The van der Waals surface area contributed by atoms with Crippen LogP contribution in [0.4, 0.5) is 5.69 Å². The molecule has 0 aliphatic carbocycles. The van der Waals surface area contributed by atoms with E-state index in [2.05, 4.69) is 21.2 Å². The monoisotopic (exact) mass is 407 g/mol.